The fourth-order valence-corrected chi connectivity index (χ4v) is 2.35. The van der Waals surface area contributed by atoms with Gasteiger partial charge in [-0.05, 0) is 13.0 Å². The van der Waals surface area contributed by atoms with Crippen LogP contribution in [0.2, 0.25) is 0 Å². The van der Waals surface area contributed by atoms with Crippen molar-refractivity contribution in [3.05, 3.63) is 39.3 Å². The number of carbonyl (C=O) groups is 1. The third-order valence-corrected chi connectivity index (χ3v) is 3.18. The van der Waals surface area contributed by atoms with Gasteiger partial charge in [0.05, 0.1) is 0 Å². The van der Waals surface area contributed by atoms with E-state index < -0.39 is 0 Å². The second-order valence-corrected chi connectivity index (χ2v) is 4.62. The van der Waals surface area contributed by atoms with Crippen LogP contribution in [0.4, 0.5) is 0 Å². The molecule has 0 saturated carbocycles. The number of hydrogen-bond donors (Lipinski definition) is 1. The van der Waals surface area contributed by atoms with E-state index in [-0.39, 0.29) is 11.3 Å². The third kappa shape index (κ3) is 1.94. The summed E-state index contributed by atoms with van der Waals surface area (Å²) in [5.74, 6) is -0.0376. The molecule has 0 saturated heterocycles. The lowest BCUT2D eigenvalue weighted by atomic mass is 10.3. The summed E-state index contributed by atoms with van der Waals surface area (Å²) in [5, 5.41) is 0.749. The van der Waals surface area contributed by atoms with Gasteiger partial charge in [-0.2, -0.15) is 0 Å². The number of pyridine rings is 1. The summed E-state index contributed by atoms with van der Waals surface area (Å²) in [5.41, 5.74) is 1.18. The number of ketones is 1. The van der Waals surface area contributed by atoms with E-state index in [2.05, 4.69) is 9.97 Å². The van der Waals surface area contributed by atoms with Crippen molar-refractivity contribution < 1.29 is 4.79 Å². The summed E-state index contributed by atoms with van der Waals surface area (Å²) in [6.07, 6.45) is 1.60. The molecule has 16 heavy (non-hydrogen) atoms. The van der Waals surface area contributed by atoms with E-state index in [9.17, 15) is 9.59 Å². The van der Waals surface area contributed by atoms with E-state index in [4.69, 9.17) is 0 Å². The van der Waals surface area contributed by atoms with Crippen LogP contribution in [0.15, 0.2) is 23.1 Å². The Bertz CT molecular complexity index is 578. The van der Waals surface area contributed by atoms with Crippen LogP contribution in [0, 0.1) is 6.92 Å². The Hall–Kier alpha value is -1.75. The zero-order chi connectivity index (χ0) is 11.7. The molecule has 5 heteroatoms. The first-order valence-corrected chi connectivity index (χ1v) is 5.57. The van der Waals surface area contributed by atoms with Gasteiger partial charge in [-0.15, -0.1) is 11.3 Å². The predicted octanol–water partition coefficient (Wildman–Crippen LogP) is 2.01. The molecule has 2 heterocycles. The summed E-state index contributed by atoms with van der Waals surface area (Å²) in [4.78, 5) is 29.9. The molecule has 0 aliphatic rings. The number of nitrogens with one attached hydrogen (secondary N) is 1. The summed E-state index contributed by atoms with van der Waals surface area (Å²) in [6.45, 7) is 3.36. The van der Waals surface area contributed by atoms with Crippen molar-refractivity contribution in [2.24, 2.45) is 0 Å². The summed E-state index contributed by atoms with van der Waals surface area (Å²) in [6, 6.07) is 3.14. The minimum atomic E-state index is -0.149. The van der Waals surface area contributed by atoms with Crippen molar-refractivity contribution in [2.45, 2.75) is 13.8 Å². The minimum absolute atomic E-state index is 0.0376. The zero-order valence-corrected chi connectivity index (χ0v) is 9.72. The first kappa shape index (κ1) is 10.8. The Morgan fingerprint density at radius 3 is 2.69 bits per heavy atom. The molecular weight excluding hydrogens is 224 g/mol. The Balaban J connectivity index is 2.49. The topological polar surface area (TPSA) is 62.8 Å². The van der Waals surface area contributed by atoms with Crippen LogP contribution in [-0.4, -0.2) is 15.8 Å². The Morgan fingerprint density at radius 2 is 2.19 bits per heavy atom. The molecule has 0 aliphatic carbocycles. The summed E-state index contributed by atoms with van der Waals surface area (Å²) < 4.78 is 0. The number of aromatic amines is 1. The number of hydrogen-bond acceptors (Lipinski definition) is 4. The number of rotatable bonds is 2. The van der Waals surface area contributed by atoms with Gasteiger partial charge < -0.3 is 4.98 Å². The number of H-pyrrole nitrogens is 1. The number of carbonyl (C=O) groups excluding carboxylic acids is 1. The van der Waals surface area contributed by atoms with E-state index in [0.29, 0.717) is 5.69 Å². The smallest absolute Gasteiger partial charge is 0.247 e. The van der Waals surface area contributed by atoms with Crippen molar-refractivity contribution >= 4 is 17.1 Å². The molecular formula is C11H10N2O2S. The van der Waals surface area contributed by atoms with E-state index in [0.717, 1.165) is 15.4 Å². The van der Waals surface area contributed by atoms with Gasteiger partial charge in [0.15, 0.2) is 5.78 Å². The molecule has 0 fully saturated rings. The van der Waals surface area contributed by atoms with Gasteiger partial charge in [-0.3, -0.25) is 9.59 Å². The molecule has 0 radical (unpaired) electrons. The van der Waals surface area contributed by atoms with Crippen molar-refractivity contribution in [2.75, 3.05) is 0 Å². The first-order chi connectivity index (χ1) is 7.58. The average molecular weight is 234 g/mol. The van der Waals surface area contributed by atoms with Gasteiger partial charge in [-0.25, -0.2) is 4.98 Å². The molecule has 2 aromatic rings. The van der Waals surface area contributed by atoms with Crippen molar-refractivity contribution in [3.8, 4) is 10.6 Å². The lowest BCUT2D eigenvalue weighted by Crippen LogP contribution is -2.01. The van der Waals surface area contributed by atoms with Gasteiger partial charge in [0.25, 0.3) is 0 Å². The number of Topliss-reactive ketones (excluding diaryl/α,β-unsaturated/α-hetero) is 1. The van der Waals surface area contributed by atoms with Gasteiger partial charge in [-0.1, -0.05) is 0 Å². The molecule has 0 aromatic carbocycles. The highest BCUT2D eigenvalue weighted by atomic mass is 32.1. The monoisotopic (exact) mass is 234 g/mol. The molecule has 0 atom stereocenters. The normalized spacial score (nSPS) is 10.4. The number of aromatic nitrogens is 2. The molecule has 0 amide bonds. The largest absolute Gasteiger partial charge is 0.328 e. The van der Waals surface area contributed by atoms with Crippen LogP contribution in [0.1, 0.15) is 22.3 Å². The fraction of sp³-hybridized carbons (Fsp3) is 0.182. The molecule has 82 valence electrons. The molecule has 4 nitrogen and oxygen atoms in total. The maximum atomic E-state index is 11.3. The maximum absolute atomic E-state index is 11.3. The van der Waals surface area contributed by atoms with Crippen LogP contribution in [-0.2, 0) is 0 Å². The summed E-state index contributed by atoms with van der Waals surface area (Å²) in [7, 11) is 0. The molecule has 1 N–H and O–H groups in total. The third-order valence-electron chi connectivity index (χ3n) is 2.16. The van der Waals surface area contributed by atoms with Crippen molar-refractivity contribution in [1.82, 2.24) is 9.97 Å². The number of nitrogens with zero attached hydrogens (tertiary/aromatic N) is 1. The van der Waals surface area contributed by atoms with Crippen molar-refractivity contribution in [3.63, 3.8) is 0 Å². The van der Waals surface area contributed by atoms with Gasteiger partial charge in [0.2, 0.25) is 5.56 Å². The molecule has 0 bridgehead atoms. The van der Waals surface area contributed by atoms with E-state index >= 15 is 0 Å². The lowest BCUT2D eigenvalue weighted by molar-refractivity contribution is 0.101. The van der Waals surface area contributed by atoms with Crippen LogP contribution >= 0.6 is 11.3 Å². The number of thiazole rings is 1. The Kier molecular flexibility index (Phi) is 2.70. The summed E-state index contributed by atoms with van der Waals surface area (Å²) >= 11 is 1.45. The van der Waals surface area contributed by atoms with Gasteiger partial charge in [0, 0.05) is 29.6 Å². The molecule has 0 aliphatic heterocycles. The quantitative estimate of drug-likeness (QED) is 0.808. The second-order valence-electron chi connectivity index (χ2n) is 3.42. The maximum Gasteiger partial charge on any atom is 0.247 e. The molecule has 0 spiro atoms. The Morgan fingerprint density at radius 1 is 1.44 bits per heavy atom. The Labute approximate surface area is 96.0 Å². The SMILES string of the molecule is CC(=O)c1nc(-c2ccc(=O)[nH]c2)sc1C. The van der Waals surface area contributed by atoms with Gasteiger partial charge >= 0.3 is 0 Å². The van der Waals surface area contributed by atoms with E-state index in [1.807, 2.05) is 6.92 Å². The zero-order valence-electron chi connectivity index (χ0n) is 8.90. The molecule has 0 unspecified atom stereocenters. The highest BCUT2D eigenvalue weighted by Gasteiger charge is 2.12. The van der Waals surface area contributed by atoms with E-state index in [1.165, 1.54) is 24.3 Å². The highest BCUT2D eigenvalue weighted by molar-refractivity contribution is 7.15. The minimum Gasteiger partial charge on any atom is -0.328 e. The number of aryl methyl sites for hydroxylation is 1. The molecule has 2 rings (SSSR count). The van der Waals surface area contributed by atoms with Crippen molar-refractivity contribution in [1.29, 1.82) is 0 Å². The predicted molar refractivity (Wildman–Crippen MR) is 62.9 cm³/mol. The average Bonchev–Trinajstić information content (AvgIpc) is 2.61. The van der Waals surface area contributed by atoms with Crippen LogP contribution in [0.3, 0.4) is 0 Å². The second kappa shape index (κ2) is 4.02. The standard InChI is InChI=1S/C11H10N2O2S/c1-6(14)10-7(2)16-11(13-10)8-3-4-9(15)12-5-8/h3-5H,1-2H3,(H,12,15). The lowest BCUT2D eigenvalue weighted by Gasteiger charge is -1.92. The van der Waals surface area contributed by atoms with E-state index in [1.54, 1.807) is 12.3 Å². The highest BCUT2D eigenvalue weighted by Crippen LogP contribution is 2.26. The van der Waals surface area contributed by atoms with Crippen LogP contribution < -0.4 is 5.56 Å². The molecule has 2 aromatic heterocycles. The fourth-order valence-electron chi connectivity index (χ4n) is 1.39. The van der Waals surface area contributed by atoms with Gasteiger partial charge in [0.1, 0.15) is 10.7 Å². The first-order valence-electron chi connectivity index (χ1n) is 4.75. The van der Waals surface area contributed by atoms with Crippen LogP contribution in [0.25, 0.3) is 10.6 Å². The van der Waals surface area contributed by atoms with Crippen LogP contribution in [0.5, 0.6) is 0 Å².